The predicted octanol–water partition coefficient (Wildman–Crippen LogP) is 1.20. The van der Waals surface area contributed by atoms with Gasteiger partial charge in [-0.2, -0.15) is 0 Å². The molecule has 2 amide bonds. The molecule has 1 aliphatic rings. The SMILES string of the molecule is CN(C(=O)NCCc1ccc(F)cc1)[C@@H]1CCS(=O)(=O)C1. The number of amides is 2. The second kappa shape index (κ2) is 6.43. The monoisotopic (exact) mass is 314 g/mol. The molecule has 0 radical (unpaired) electrons. The highest BCUT2D eigenvalue weighted by molar-refractivity contribution is 7.91. The zero-order valence-corrected chi connectivity index (χ0v) is 12.7. The summed E-state index contributed by atoms with van der Waals surface area (Å²) in [4.78, 5) is 13.4. The zero-order chi connectivity index (χ0) is 15.5. The first kappa shape index (κ1) is 15.8. The second-order valence-corrected chi connectivity index (χ2v) is 7.50. The van der Waals surface area contributed by atoms with Crippen molar-refractivity contribution in [2.75, 3.05) is 25.1 Å². The molecule has 0 aliphatic carbocycles. The van der Waals surface area contributed by atoms with Crippen molar-refractivity contribution in [3.63, 3.8) is 0 Å². The van der Waals surface area contributed by atoms with Crippen LogP contribution in [0.25, 0.3) is 0 Å². The molecular formula is C14H19FN2O3S. The number of hydrogen-bond donors (Lipinski definition) is 1. The van der Waals surface area contributed by atoms with E-state index < -0.39 is 9.84 Å². The van der Waals surface area contributed by atoms with Crippen LogP contribution in [0, 0.1) is 5.82 Å². The number of rotatable bonds is 4. The molecule has 1 fully saturated rings. The largest absolute Gasteiger partial charge is 0.338 e. The molecule has 21 heavy (non-hydrogen) atoms. The van der Waals surface area contributed by atoms with Gasteiger partial charge in [-0.1, -0.05) is 12.1 Å². The molecule has 1 N–H and O–H groups in total. The van der Waals surface area contributed by atoms with Crippen LogP contribution >= 0.6 is 0 Å². The summed E-state index contributed by atoms with van der Waals surface area (Å²) in [7, 11) is -1.39. The number of carbonyl (C=O) groups is 1. The summed E-state index contributed by atoms with van der Waals surface area (Å²) in [5.41, 5.74) is 0.933. The Morgan fingerprint density at radius 1 is 1.38 bits per heavy atom. The van der Waals surface area contributed by atoms with Crippen LogP contribution in [-0.2, 0) is 16.3 Å². The smallest absolute Gasteiger partial charge is 0.317 e. The summed E-state index contributed by atoms with van der Waals surface area (Å²) in [6.45, 7) is 0.425. The molecule has 5 nitrogen and oxygen atoms in total. The standard InChI is InChI=1S/C14H19FN2O3S/c1-17(13-7-9-21(19,20)10-13)14(18)16-8-6-11-2-4-12(15)5-3-11/h2-5,13H,6-10H2,1H3,(H,16,18)/t13-/m1/s1. The van der Waals surface area contributed by atoms with Gasteiger partial charge in [-0.15, -0.1) is 0 Å². The van der Waals surface area contributed by atoms with E-state index in [9.17, 15) is 17.6 Å². The van der Waals surface area contributed by atoms with E-state index >= 15 is 0 Å². The molecule has 1 aromatic rings. The zero-order valence-electron chi connectivity index (χ0n) is 11.9. The fraction of sp³-hybridized carbons (Fsp3) is 0.500. The van der Waals surface area contributed by atoms with Gasteiger partial charge in [-0.05, 0) is 30.5 Å². The molecule has 0 saturated carbocycles. The van der Waals surface area contributed by atoms with Gasteiger partial charge in [-0.25, -0.2) is 17.6 Å². The second-order valence-electron chi connectivity index (χ2n) is 5.28. The molecule has 0 unspecified atom stereocenters. The van der Waals surface area contributed by atoms with E-state index in [4.69, 9.17) is 0 Å². The Morgan fingerprint density at radius 3 is 2.62 bits per heavy atom. The van der Waals surface area contributed by atoms with Crippen LogP contribution in [-0.4, -0.2) is 50.5 Å². The molecule has 1 heterocycles. The van der Waals surface area contributed by atoms with E-state index in [0.29, 0.717) is 19.4 Å². The highest BCUT2D eigenvalue weighted by Gasteiger charge is 2.32. The van der Waals surface area contributed by atoms with Crippen LogP contribution in [0.1, 0.15) is 12.0 Å². The summed E-state index contributed by atoms with van der Waals surface area (Å²) in [6.07, 6.45) is 1.09. The Hall–Kier alpha value is -1.63. The number of benzene rings is 1. The molecular weight excluding hydrogens is 295 g/mol. The first-order valence-corrected chi connectivity index (χ1v) is 8.65. The summed E-state index contributed by atoms with van der Waals surface area (Å²) in [6, 6.07) is 5.59. The topological polar surface area (TPSA) is 66.5 Å². The Morgan fingerprint density at radius 2 is 2.05 bits per heavy atom. The lowest BCUT2D eigenvalue weighted by atomic mass is 10.1. The third-order valence-electron chi connectivity index (χ3n) is 3.68. The van der Waals surface area contributed by atoms with Crippen LogP contribution in [0.3, 0.4) is 0 Å². The van der Waals surface area contributed by atoms with Crippen LogP contribution in [0.5, 0.6) is 0 Å². The molecule has 1 aliphatic heterocycles. The predicted molar refractivity (Wildman–Crippen MR) is 78.3 cm³/mol. The van der Waals surface area contributed by atoms with Gasteiger partial charge in [0.1, 0.15) is 5.82 Å². The van der Waals surface area contributed by atoms with Crippen molar-refractivity contribution in [2.24, 2.45) is 0 Å². The number of carbonyl (C=O) groups excluding carboxylic acids is 1. The molecule has 0 aromatic heterocycles. The molecule has 1 saturated heterocycles. The number of urea groups is 1. The van der Waals surface area contributed by atoms with Crippen LogP contribution < -0.4 is 5.32 Å². The minimum atomic E-state index is -3.00. The minimum absolute atomic E-state index is 0.0366. The Labute approximate surface area is 124 Å². The van der Waals surface area contributed by atoms with E-state index in [1.165, 1.54) is 17.0 Å². The molecule has 7 heteroatoms. The van der Waals surface area contributed by atoms with Crippen LogP contribution in [0.15, 0.2) is 24.3 Å². The van der Waals surface area contributed by atoms with Gasteiger partial charge in [0.25, 0.3) is 0 Å². The first-order valence-electron chi connectivity index (χ1n) is 6.83. The van der Waals surface area contributed by atoms with Crippen molar-refractivity contribution < 1.29 is 17.6 Å². The van der Waals surface area contributed by atoms with E-state index in [1.54, 1.807) is 19.2 Å². The van der Waals surface area contributed by atoms with E-state index in [0.717, 1.165) is 5.56 Å². The van der Waals surface area contributed by atoms with Gasteiger partial charge >= 0.3 is 6.03 Å². The number of nitrogens with zero attached hydrogens (tertiary/aromatic N) is 1. The minimum Gasteiger partial charge on any atom is -0.338 e. The molecule has 0 spiro atoms. The highest BCUT2D eigenvalue weighted by atomic mass is 32.2. The van der Waals surface area contributed by atoms with Crippen molar-refractivity contribution >= 4 is 15.9 Å². The maximum atomic E-state index is 12.8. The van der Waals surface area contributed by atoms with Crippen LogP contribution in [0.4, 0.5) is 9.18 Å². The van der Waals surface area contributed by atoms with Crippen molar-refractivity contribution in [3.8, 4) is 0 Å². The lowest BCUT2D eigenvalue weighted by Gasteiger charge is -2.23. The molecule has 2 rings (SSSR count). The third-order valence-corrected chi connectivity index (χ3v) is 5.43. The maximum Gasteiger partial charge on any atom is 0.317 e. The Balaban J connectivity index is 1.78. The van der Waals surface area contributed by atoms with Crippen molar-refractivity contribution in [1.29, 1.82) is 0 Å². The highest BCUT2D eigenvalue weighted by Crippen LogP contribution is 2.16. The van der Waals surface area contributed by atoms with Gasteiger partial charge in [0.2, 0.25) is 0 Å². The molecule has 1 atom stereocenters. The Kier molecular flexibility index (Phi) is 4.82. The molecule has 1 aromatic carbocycles. The van der Waals surface area contributed by atoms with E-state index in [2.05, 4.69) is 5.32 Å². The fourth-order valence-electron chi connectivity index (χ4n) is 2.34. The van der Waals surface area contributed by atoms with Crippen molar-refractivity contribution in [1.82, 2.24) is 10.2 Å². The van der Waals surface area contributed by atoms with Gasteiger partial charge in [0, 0.05) is 19.6 Å². The number of sulfone groups is 1. The van der Waals surface area contributed by atoms with Crippen LogP contribution in [0.2, 0.25) is 0 Å². The normalized spacial score (nSPS) is 20.2. The molecule has 116 valence electrons. The maximum absolute atomic E-state index is 12.8. The lowest BCUT2D eigenvalue weighted by molar-refractivity contribution is 0.195. The number of hydrogen-bond acceptors (Lipinski definition) is 3. The summed E-state index contributed by atoms with van der Waals surface area (Å²) in [5, 5.41) is 2.75. The first-order chi connectivity index (χ1) is 9.87. The Bertz CT molecular complexity index is 601. The van der Waals surface area contributed by atoms with E-state index in [-0.39, 0.29) is 29.4 Å². The average Bonchev–Trinajstić information content (AvgIpc) is 2.80. The van der Waals surface area contributed by atoms with Crippen molar-refractivity contribution in [3.05, 3.63) is 35.6 Å². The van der Waals surface area contributed by atoms with Gasteiger partial charge in [0.05, 0.1) is 11.5 Å². The molecule has 0 bridgehead atoms. The van der Waals surface area contributed by atoms with Gasteiger partial charge in [0.15, 0.2) is 9.84 Å². The van der Waals surface area contributed by atoms with E-state index in [1.807, 2.05) is 0 Å². The summed E-state index contributed by atoms with van der Waals surface area (Å²) >= 11 is 0. The summed E-state index contributed by atoms with van der Waals surface area (Å²) < 4.78 is 35.6. The van der Waals surface area contributed by atoms with Gasteiger partial charge < -0.3 is 10.2 Å². The van der Waals surface area contributed by atoms with Crippen molar-refractivity contribution in [2.45, 2.75) is 18.9 Å². The summed E-state index contributed by atoms with van der Waals surface area (Å²) in [5.74, 6) is -0.107. The lowest BCUT2D eigenvalue weighted by Crippen LogP contribution is -2.44. The fourth-order valence-corrected chi connectivity index (χ4v) is 4.11. The quantitative estimate of drug-likeness (QED) is 0.908. The average molecular weight is 314 g/mol. The number of nitrogens with one attached hydrogen (secondary N) is 1. The third kappa shape index (κ3) is 4.42. The number of halogens is 1. The van der Waals surface area contributed by atoms with Gasteiger partial charge in [-0.3, -0.25) is 0 Å².